The van der Waals surface area contributed by atoms with E-state index in [9.17, 15) is 4.21 Å². The summed E-state index contributed by atoms with van der Waals surface area (Å²) in [5.74, 6) is 0. The number of aliphatic imine (C=N–C) groups is 1. The fraction of sp³-hybridized carbons (Fsp3) is 0.667. The van der Waals surface area contributed by atoms with Crippen LogP contribution in [0.2, 0.25) is 0 Å². The minimum atomic E-state index is -0.0417. The Balaban J connectivity index is 4.35. The topological polar surface area (TPSA) is 29.4 Å². The summed E-state index contributed by atoms with van der Waals surface area (Å²) in [7, 11) is 0. The van der Waals surface area contributed by atoms with E-state index in [1.54, 1.807) is 6.92 Å². The summed E-state index contributed by atoms with van der Waals surface area (Å²) < 4.78 is 10.3. The first-order valence-corrected chi connectivity index (χ1v) is 4.11. The second-order valence-corrected chi connectivity index (χ2v) is 2.83. The number of isothiocyanates is 1. The second-order valence-electron chi connectivity index (χ2n) is 1.84. The summed E-state index contributed by atoms with van der Waals surface area (Å²) in [6, 6.07) is -0.0417. The van der Waals surface area contributed by atoms with Gasteiger partial charge < -0.3 is 0 Å². The molecular weight excluding hydrogens is 166 g/mol. The molecule has 0 aliphatic rings. The lowest BCUT2D eigenvalue weighted by Gasteiger charge is -2.02. The number of nitrogens with zero attached hydrogens (tertiary/aromatic N) is 1. The lowest BCUT2D eigenvalue weighted by Crippen LogP contribution is -2.13. The van der Waals surface area contributed by atoms with Gasteiger partial charge in [-0.05, 0) is 25.6 Å². The molecule has 0 aliphatic carbocycles. The van der Waals surface area contributed by atoms with Crippen LogP contribution in [0.25, 0.3) is 0 Å². The summed E-state index contributed by atoms with van der Waals surface area (Å²) in [5, 5.41) is 2.27. The molecule has 10 heavy (non-hydrogen) atoms. The average Bonchev–Trinajstić information content (AvgIpc) is 1.99. The first kappa shape index (κ1) is 9.69. The van der Waals surface area contributed by atoms with Gasteiger partial charge in [-0.1, -0.05) is 6.92 Å². The zero-order valence-corrected chi connectivity index (χ0v) is 7.59. The van der Waals surface area contributed by atoms with E-state index >= 15 is 0 Å². The smallest absolute Gasteiger partial charge is 0.0931 e. The second kappa shape index (κ2) is 5.47. The van der Waals surface area contributed by atoms with E-state index in [1.165, 1.54) is 0 Å². The largest absolute Gasteiger partial charge is 0.224 e. The predicted octanol–water partition coefficient (Wildman–Crippen LogP) is 1.27. The molecule has 0 radical (unpaired) electrons. The normalized spacial score (nSPS) is 11.4. The summed E-state index contributed by atoms with van der Waals surface area (Å²) in [6.45, 7) is 3.72. The van der Waals surface area contributed by atoms with Crippen LogP contribution in [-0.4, -0.2) is 20.3 Å². The van der Waals surface area contributed by atoms with Gasteiger partial charge in [-0.3, -0.25) is 0 Å². The molecule has 2 nitrogen and oxygen atoms in total. The molecule has 0 bridgehead atoms. The molecule has 0 aromatic rings. The molecule has 0 heterocycles. The van der Waals surface area contributed by atoms with Crippen molar-refractivity contribution in [1.82, 2.24) is 0 Å². The summed E-state index contributed by atoms with van der Waals surface area (Å²) >= 11 is 4.90. The van der Waals surface area contributed by atoms with Gasteiger partial charge in [0.2, 0.25) is 0 Å². The van der Waals surface area contributed by atoms with Gasteiger partial charge in [0.05, 0.1) is 22.5 Å². The summed E-state index contributed by atoms with van der Waals surface area (Å²) in [4.78, 5) is 4.57. The Hall–Kier alpha value is -0.310. The molecule has 0 spiro atoms. The molecule has 0 saturated heterocycles. The number of rotatable bonds is 3. The molecule has 1 unspecified atom stereocenters. The van der Waals surface area contributed by atoms with Crippen LogP contribution in [0.15, 0.2) is 4.99 Å². The number of hydrogen-bond donors (Lipinski definition) is 0. The minimum Gasteiger partial charge on any atom is -0.224 e. The van der Waals surface area contributed by atoms with Crippen molar-refractivity contribution in [3.8, 4) is 0 Å². The quantitative estimate of drug-likeness (QED) is 0.477. The Kier molecular flexibility index (Phi) is 5.30. The van der Waals surface area contributed by atoms with Gasteiger partial charge >= 0.3 is 0 Å². The third-order valence-corrected chi connectivity index (χ3v) is 1.84. The van der Waals surface area contributed by atoms with E-state index in [4.69, 9.17) is 0 Å². The van der Waals surface area contributed by atoms with Gasteiger partial charge in [-0.25, -0.2) is 9.20 Å². The van der Waals surface area contributed by atoms with E-state index < -0.39 is 0 Å². The van der Waals surface area contributed by atoms with Gasteiger partial charge in [0, 0.05) is 4.86 Å². The highest BCUT2D eigenvalue weighted by Crippen LogP contribution is 1.97. The Labute approximate surface area is 69.4 Å². The third-order valence-electron chi connectivity index (χ3n) is 1.20. The van der Waals surface area contributed by atoms with Crippen LogP contribution < -0.4 is 0 Å². The highest BCUT2D eigenvalue weighted by Gasteiger charge is 2.05. The Morgan fingerprint density at radius 3 is 2.80 bits per heavy atom. The molecule has 0 amide bonds. The molecular formula is C6H9NOS2. The maximum atomic E-state index is 10.3. The van der Waals surface area contributed by atoms with E-state index in [0.717, 1.165) is 11.3 Å². The fourth-order valence-electron chi connectivity index (χ4n) is 0.589. The maximum absolute atomic E-state index is 10.3. The van der Waals surface area contributed by atoms with Crippen molar-refractivity contribution in [2.75, 3.05) is 0 Å². The molecule has 0 rings (SSSR count). The minimum absolute atomic E-state index is 0.0417. The van der Waals surface area contributed by atoms with Gasteiger partial charge in [0.25, 0.3) is 0 Å². The standard InChI is InChI=1S/C6H9NOS2/c1-3-6(7-4-9)5(2)10-8/h6H,3H2,1-2H3. The Morgan fingerprint density at radius 1 is 1.90 bits per heavy atom. The van der Waals surface area contributed by atoms with Crippen molar-refractivity contribution in [2.24, 2.45) is 4.99 Å². The van der Waals surface area contributed by atoms with Crippen LogP contribution in [0.1, 0.15) is 20.3 Å². The molecule has 0 aromatic heterocycles. The zero-order valence-electron chi connectivity index (χ0n) is 5.96. The first-order chi connectivity index (χ1) is 4.76. The predicted molar refractivity (Wildman–Crippen MR) is 47.9 cm³/mol. The fourth-order valence-corrected chi connectivity index (χ4v) is 1.05. The van der Waals surface area contributed by atoms with Crippen LogP contribution in [0, 0.1) is 0 Å². The Bertz CT molecular complexity index is 202. The molecule has 0 saturated carbocycles. The monoisotopic (exact) mass is 175 g/mol. The van der Waals surface area contributed by atoms with Crippen LogP contribution in [0.5, 0.6) is 0 Å². The molecule has 1 atom stereocenters. The van der Waals surface area contributed by atoms with Crippen molar-refractivity contribution in [3.63, 3.8) is 0 Å². The van der Waals surface area contributed by atoms with E-state index in [1.807, 2.05) is 6.92 Å². The van der Waals surface area contributed by atoms with Crippen molar-refractivity contribution >= 4 is 33.5 Å². The van der Waals surface area contributed by atoms with E-state index in [-0.39, 0.29) is 6.04 Å². The average molecular weight is 175 g/mol. The van der Waals surface area contributed by atoms with Crippen molar-refractivity contribution in [3.05, 3.63) is 0 Å². The van der Waals surface area contributed by atoms with Gasteiger partial charge in [0.15, 0.2) is 0 Å². The van der Waals surface area contributed by atoms with Crippen LogP contribution in [-0.2, 0) is 11.3 Å². The molecule has 0 aromatic carbocycles. The van der Waals surface area contributed by atoms with E-state index in [2.05, 4.69) is 22.4 Å². The molecule has 56 valence electrons. The maximum Gasteiger partial charge on any atom is 0.0931 e. The summed E-state index contributed by atoms with van der Waals surface area (Å²) in [5.41, 5.74) is 0. The zero-order chi connectivity index (χ0) is 7.98. The van der Waals surface area contributed by atoms with Crippen LogP contribution in [0.4, 0.5) is 0 Å². The van der Waals surface area contributed by atoms with Gasteiger partial charge in [-0.2, -0.15) is 0 Å². The number of thiocarbonyl (C=S) groups is 1. The lowest BCUT2D eigenvalue weighted by atomic mass is 10.2. The van der Waals surface area contributed by atoms with Crippen LogP contribution in [0.3, 0.4) is 0 Å². The van der Waals surface area contributed by atoms with E-state index in [0.29, 0.717) is 11.3 Å². The van der Waals surface area contributed by atoms with Crippen molar-refractivity contribution < 1.29 is 4.21 Å². The van der Waals surface area contributed by atoms with Gasteiger partial charge in [-0.15, -0.1) is 0 Å². The number of hydrogen-bond acceptors (Lipinski definition) is 3. The molecule has 0 N–H and O–H groups in total. The summed E-state index contributed by atoms with van der Waals surface area (Å²) in [6.07, 6.45) is 0.810. The SMILES string of the molecule is CCC(N=C=S)C(C)=S=O. The highest BCUT2D eigenvalue weighted by molar-refractivity contribution is 7.78. The first-order valence-electron chi connectivity index (χ1n) is 2.96. The molecule has 0 fully saturated rings. The Morgan fingerprint density at radius 2 is 2.50 bits per heavy atom. The van der Waals surface area contributed by atoms with Gasteiger partial charge in [0.1, 0.15) is 0 Å². The lowest BCUT2D eigenvalue weighted by molar-refractivity contribution is 0.700. The molecule has 4 heteroatoms. The third kappa shape index (κ3) is 3.01. The van der Waals surface area contributed by atoms with Crippen molar-refractivity contribution in [2.45, 2.75) is 26.3 Å². The highest BCUT2D eigenvalue weighted by atomic mass is 32.1. The molecule has 0 aliphatic heterocycles. The van der Waals surface area contributed by atoms with Crippen molar-refractivity contribution in [1.29, 1.82) is 0 Å². The van der Waals surface area contributed by atoms with Crippen LogP contribution >= 0.6 is 12.2 Å².